The summed E-state index contributed by atoms with van der Waals surface area (Å²) in [5, 5.41) is 5.63. The monoisotopic (exact) mass is 499 g/mol. The number of hydrogen-bond donors (Lipinski definition) is 3. The van der Waals surface area contributed by atoms with Gasteiger partial charge in [0.05, 0.1) is 21.8 Å². The predicted molar refractivity (Wildman–Crippen MR) is 140 cm³/mol. The quantitative estimate of drug-likeness (QED) is 0.318. The van der Waals surface area contributed by atoms with Gasteiger partial charge in [-0.15, -0.1) is 0 Å². The number of benzene rings is 4. The molecule has 0 bridgehead atoms. The van der Waals surface area contributed by atoms with Gasteiger partial charge in [0.15, 0.2) is 0 Å². The Kier molecular flexibility index (Phi) is 7.46. The molecule has 4 aromatic carbocycles. The SMILES string of the molecule is Cc1ccc(C(=O)Nc2ccccc2C(=O)NCc2ccccc2)cc1NS(=O)(=O)c1ccccc1. The highest BCUT2D eigenvalue weighted by atomic mass is 32.2. The Bertz CT molecular complexity index is 1490. The van der Waals surface area contributed by atoms with E-state index in [4.69, 9.17) is 0 Å². The van der Waals surface area contributed by atoms with E-state index in [0.717, 1.165) is 5.56 Å². The second-order valence-electron chi connectivity index (χ2n) is 8.12. The van der Waals surface area contributed by atoms with Crippen LogP contribution in [0.25, 0.3) is 0 Å². The van der Waals surface area contributed by atoms with E-state index in [1.807, 2.05) is 30.3 Å². The summed E-state index contributed by atoms with van der Waals surface area (Å²) < 4.78 is 28.1. The van der Waals surface area contributed by atoms with Crippen molar-refractivity contribution in [1.82, 2.24) is 5.32 Å². The van der Waals surface area contributed by atoms with Crippen molar-refractivity contribution in [2.75, 3.05) is 10.0 Å². The zero-order valence-electron chi connectivity index (χ0n) is 19.6. The molecule has 0 aliphatic heterocycles. The van der Waals surface area contributed by atoms with Gasteiger partial charge < -0.3 is 10.6 Å². The summed E-state index contributed by atoms with van der Waals surface area (Å²) >= 11 is 0. The lowest BCUT2D eigenvalue weighted by atomic mass is 10.1. The van der Waals surface area contributed by atoms with Gasteiger partial charge in [-0.3, -0.25) is 14.3 Å². The number of amides is 2. The Labute approximate surface area is 210 Å². The van der Waals surface area contributed by atoms with E-state index in [1.165, 1.54) is 18.2 Å². The number of rotatable bonds is 8. The molecule has 0 aromatic heterocycles. The Balaban J connectivity index is 1.51. The summed E-state index contributed by atoms with van der Waals surface area (Å²) in [6.07, 6.45) is 0. The molecule has 0 atom stereocenters. The van der Waals surface area contributed by atoms with E-state index in [-0.39, 0.29) is 16.4 Å². The van der Waals surface area contributed by atoms with E-state index < -0.39 is 15.9 Å². The molecule has 4 aromatic rings. The zero-order valence-corrected chi connectivity index (χ0v) is 20.4. The van der Waals surface area contributed by atoms with Crippen LogP contribution in [0.3, 0.4) is 0 Å². The Morgan fingerprint density at radius 2 is 1.36 bits per heavy atom. The Morgan fingerprint density at radius 3 is 2.08 bits per heavy atom. The molecule has 0 spiro atoms. The smallest absolute Gasteiger partial charge is 0.261 e. The molecule has 8 heteroatoms. The number of nitrogens with one attached hydrogen (secondary N) is 3. The molecule has 0 heterocycles. The average Bonchev–Trinajstić information content (AvgIpc) is 2.90. The molecule has 0 aliphatic carbocycles. The van der Waals surface area contributed by atoms with Crippen LogP contribution in [0.4, 0.5) is 11.4 Å². The normalized spacial score (nSPS) is 10.9. The number of anilines is 2. The van der Waals surface area contributed by atoms with Crippen LogP contribution in [0.5, 0.6) is 0 Å². The van der Waals surface area contributed by atoms with Crippen LogP contribution >= 0.6 is 0 Å². The van der Waals surface area contributed by atoms with Crippen LogP contribution in [0, 0.1) is 6.92 Å². The summed E-state index contributed by atoms with van der Waals surface area (Å²) in [5.74, 6) is -0.798. The van der Waals surface area contributed by atoms with E-state index in [9.17, 15) is 18.0 Å². The first-order valence-electron chi connectivity index (χ1n) is 11.2. The molecule has 4 rings (SSSR count). The second-order valence-corrected chi connectivity index (χ2v) is 9.80. The highest BCUT2D eigenvalue weighted by molar-refractivity contribution is 7.92. The molecule has 36 heavy (non-hydrogen) atoms. The molecule has 0 saturated heterocycles. The van der Waals surface area contributed by atoms with Crippen LogP contribution in [-0.4, -0.2) is 20.2 Å². The lowest BCUT2D eigenvalue weighted by molar-refractivity contribution is 0.0951. The largest absolute Gasteiger partial charge is 0.348 e. The van der Waals surface area contributed by atoms with Gasteiger partial charge in [0.1, 0.15) is 0 Å². The van der Waals surface area contributed by atoms with Crippen LogP contribution in [0.1, 0.15) is 31.8 Å². The molecular weight excluding hydrogens is 474 g/mol. The maximum atomic E-state index is 13.0. The summed E-state index contributed by atoms with van der Waals surface area (Å²) in [4.78, 5) is 26.0. The first-order valence-corrected chi connectivity index (χ1v) is 12.7. The van der Waals surface area contributed by atoms with Crippen molar-refractivity contribution in [3.8, 4) is 0 Å². The summed E-state index contributed by atoms with van der Waals surface area (Å²) in [7, 11) is -3.82. The maximum absolute atomic E-state index is 13.0. The van der Waals surface area contributed by atoms with Crippen LogP contribution in [-0.2, 0) is 16.6 Å². The first-order chi connectivity index (χ1) is 17.3. The lowest BCUT2D eigenvalue weighted by Crippen LogP contribution is -2.25. The Hall–Kier alpha value is -4.43. The van der Waals surface area contributed by atoms with E-state index in [1.54, 1.807) is 61.5 Å². The second kappa shape index (κ2) is 10.9. The van der Waals surface area contributed by atoms with Gasteiger partial charge in [-0.2, -0.15) is 0 Å². The van der Waals surface area contributed by atoms with Crippen molar-refractivity contribution >= 4 is 33.2 Å². The topological polar surface area (TPSA) is 104 Å². The van der Waals surface area contributed by atoms with E-state index in [2.05, 4.69) is 15.4 Å². The van der Waals surface area contributed by atoms with Gasteiger partial charge in [0.25, 0.3) is 21.8 Å². The number of hydrogen-bond acceptors (Lipinski definition) is 4. The molecule has 0 radical (unpaired) electrons. The molecule has 7 nitrogen and oxygen atoms in total. The average molecular weight is 500 g/mol. The van der Waals surface area contributed by atoms with Gasteiger partial charge in [0.2, 0.25) is 0 Å². The van der Waals surface area contributed by atoms with Gasteiger partial charge >= 0.3 is 0 Å². The fourth-order valence-corrected chi connectivity index (χ4v) is 4.68. The molecule has 182 valence electrons. The van der Waals surface area contributed by atoms with Gasteiger partial charge in [0, 0.05) is 12.1 Å². The number of aryl methyl sites for hydroxylation is 1. The van der Waals surface area contributed by atoms with Crippen molar-refractivity contribution in [3.63, 3.8) is 0 Å². The summed E-state index contributed by atoms with van der Waals surface area (Å²) in [6.45, 7) is 2.10. The molecule has 0 fully saturated rings. The van der Waals surface area contributed by atoms with Gasteiger partial charge in [-0.25, -0.2) is 8.42 Å². The van der Waals surface area contributed by atoms with Crippen molar-refractivity contribution in [2.45, 2.75) is 18.4 Å². The minimum Gasteiger partial charge on any atom is -0.348 e. The van der Waals surface area contributed by atoms with Crippen molar-refractivity contribution in [1.29, 1.82) is 0 Å². The number of sulfonamides is 1. The van der Waals surface area contributed by atoms with Crippen molar-refractivity contribution < 1.29 is 18.0 Å². The Morgan fingerprint density at radius 1 is 0.722 bits per heavy atom. The van der Waals surface area contributed by atoms with Crippen LogP contribution < -0.4 is 15.4 Å². The fraction of sp³-hybridized carbons (Fsp3) is 0.0714. The lowest BCUT2D eigenvalue weighted by Gasteiger charge is -2.14. The van der Waals surface area contributed by atoms with Crippen LogP contribution in [0.15, 0.2) is 108 Å². The third-order valence-electron chi connectivity index (χ3n) is 5.51. The van der Waals surface area contributed by atoms with Gasteiger partial charge in [-0.05, 0) is 54.4 Å². The third-order valence-corrected chi connectivity index (χ3v) is 6.89. The molecule has 0 aliphatic rings. The predicted octanol–water partition coefficient (Wildman–Crippen LogP) is 4.98. The first kappa shape index (κ1) is 24.7. The van der Waals surface area contributed by atoms with Crippen LogP contribution in [0.2, 0.25) is 0 Å². The van der Waals surface area contributed by atoms with Crippen molar-refractivity contribution in [3.05, 3.63) is 125 Å². The number of carbonyl (C=O) groups is 2. The highest BCUT2D eigenvalue weighted by Crippen LogP contribution is 2.23. The van der Waals surface area contributed by atoms with E-state index >= 15 is 0 Å². The third kappa shape index (κ3) is 5.97. The highest BCUT2D eigenvalue weighted by Gasteiger charge is 2.18. The molecule has 0 saturated carbocycles. The molecular formula is C28H25N3O4S. The number of para-hydroxylation sites is 1. The number of carbonyl (C=O) groups excluding carboxylic acids is 2. The molecule has 0 unspecified atom stereocenters. The molecule has 3 N–H and O–H groups in total. The van der Waals surface area contributed by atoms with Crippen molar-refractivity contribution in [2.24, 2.45) is 0 Å². The molecule has 2 amide bonds. The zero-order chi connectivity index (χ0) is 25.5. The standard InChI is InChI=1S/C28H25N3O4S/c1-20-16-17-22(18-26(20)31-36(34,35)23-12-6-3-7-13-23)27(32)30-25-15-9-8-14-24(25)28(33)29-19-21-10-4-2-5-11-21/h2-18,31H,19H2,1H3,(H,29,33)(H,30,32). The minimum absolute atomic E-state index is 0.120. The van der Waals surface area contributed by atoms with Gasteiger partial charge in [-0.1, -0.05) is 66.7 Å². The van der Waals surface area contributed by atoms with E-state index in [0.29, 0.717) is 29.0 Å². The summed E-state index contributed by atoms with van der Waals surface area (Å²) in [5.41, 5.74) is 2.81. The maximum Gasteiger partial charge on any atom is 0.261 e. The summed E-state index contributed by atoms with van der Waals surface area (Å²) in [6, 6.07) is 29.0. The minimum atomic E-state index is -3.82. The fourth-order valence-electron chi connectivity index (χ4n) is 3.53.